The molecule has 0 amide bonds. The van der Waals surface area contributed by atoms with Crippen molar-refractivity contribution in [2.24, 2.45) is 17.3 Å². The molecule has 21 heavy (non-hydrogen) atoms. The molecule has 0 bridgehead atoms. The van der Waals surface area contributed by atoms with E-state index in [4.69, 9.17) is 16.3 Å². The molecule has 2 saturated heterocycles. The van der Waals surface area contributed by atoms with E-state index in [0.717, 1.165) is 24.7 Å². The largest absolute Gasteiger partial charge is 0.373 e. The minimum atomic E-state index is 0.198. The second kappa shape index (κ2) is 6.28. The molecule has 0 aliphatic carbocycles. The number of hydrogen-bond donors (Lipinski definition) is 1. The molecular formula is C18H26ClNO. The Morgan fingerprint density at radius 2 is 2.05 bits per heavy atom. The standard InChI is InChI=1S/C18H26ClNO/c1-13(2)16-11-18(6-8-20-9-7-18)12-21-17(16)14-4-3-5-15(19)10-14/h3-5,10,13,16-17,20H,6-9,11-12H2,1-2H3/t16-,17-/m1/s1. The topological polar surface area (TPSA) is 21.3 Å². The van der Waals surface area contributed by atoms with Crippen LogP contribution in [0.1, 0.15) is 44.8 Å². The molecule has 1 aromatic carbocycles. The smallest absolute Gasteiger partial charge is 0.0856 e. The summed E-state index contributed by atoms with van der Waals surface area (Å²) in [5, 5.41) is 4.28. The van der Waals surface area contributed by atoms with Crippen LogP contribution in [0.5, 0.6) is 0 Å². The third kappa shape index (κ3) is 3.28. The van der Waals surface area contributed by atoms with Crippen molar-refractivity contribution in [3.63, 3.8) is 0 Å². The van der Waals surface area contributed by atoms with Crippen molar-refractivity contribution < 1.29 is 4.74 Å². The SMILES string of the molecule is CC(C)[C@H]1CC2(CCNCC2)CO[C@@H]1c1cccc(Cl)c1. The quantitative estimate of drug-likeness (QED) is 0.872. The molecule has 2 aliphatic heterocycles. The van der Waals surface area contributed by atoms with E-state index in [2.05, 4.69) is 31.3 Å². The third-order valence-electron chi connectivity index (χ3n) is 5.32. The number of halogens is 1. The zero-order valence-corrected chi connectivity index (χ0v) is 13.8. The monoisotopic (exact) mass is 307 g/mol. The number of hydrogen-bond acceptors (Lipinski definition) is 2. The number of ether oxygens (including phenoxy) is 1. The van der Waals surface area contributed by atoms with E-state index >= 15 is 0 Å². The van der Waals surface area contributed by atoms with Crippen molar-refractivity contribution in [1.82, 2.24) is 5.32 Å². The van der Waals surface area contributed by atoms with Gasteiger partial charge in [0.25, 0.3) is 0 Å². The van der Waals surface area contributed by atoms with E-state index in [9.17, 15) is 0 Å². The summed E-state index contributed by atoms with van der Waals surface area (Å²) in [5.41, 5.74) is 1.64. The fourth-order valence-corrected chi connectivity index (χ4v) is 4.17. The van der Waals surface area contributed by atoms with Gasteiger partial charge in [0.1, 0.15) is 0 Å². The first kappa shape index (κ1) is 15.3. The predicted molar refractivity (Wildman–Crippen MR) is 87.6 cm³/mol. The summed E-state index contributed by atoms with van der Waals surface area (Å²) in [6.45, 7) is 7.82. The fourth-order valence-electron chi connectivity index (χ4n) is 3.97. The first-order chi connectivity index (χ1) is 10.1. The molecule has 0 radical (unpaired) electrons. The first-order valence-corrected chi connectivity index (χ1v) is 8.55. The molecule has 2 fully saturated rings. The van der Waals surface area contributed by atoms with Crippen LogP contribution >= 0.6 is 11.6 Å². The van der Waals surface area contributed by atoms with Crippen LogP contribution in [0, 0.1) is 17.3 Å². The number of piperidine rings is 1. The summed E-state index contributed by atoms with van der Waals surface area (Å²) in [6, 6.07) is 8.20. The van der Waals surface area contributed by atoms with E-state index in [1.54, 1.807) is 0 Å². The number of benzene rings is 1. The van der Waals surface area contributed by atoms with E-state index in [0.29, 0.717) is 17.3 Å². The minimum Gasteiger partial charge on any atom is -0.373 e. The van der Waals surface area contributed by atoms with Gasteiger partial charge in [-0.05, 0) is 67.3 Å². The minimum absolute atomic E-state index is 0.198. The molecule has 2 atom stereocenters. The van der Waals surface area contributed by atoms with Crippen LogP contribution in [0.4, 0.5) is 0 Å². The molecule has 1 N–H and O–H groups in total. The Labute approximate surface area is 133 Å². The number of nitrogens with one attached hydrogen (secondary N) is 1. The van der Waals surface area contributed by atoms with E-state index < -0.39 is 0 Å². The highest BCUT2D eigenvalue weighted by Crippen LogP contribution is 2.49. The molecule has 1 spiro atoms. The van der Waals surface area contributed by atoms with Gasteiger partial charge in [-0.1, -0.05) is 37.6 Å². The summed E-state index contributed by atoms with van der Waals surface area (Å²) in [5.74, 6) is 1.20. The van der Waals surface area contributed by atoms with Crippen LogP contribution in [0.15, 0.2) is 24.3 Å². The van der Waals surface area contributed by atoms with Gasteiger partial charge in [0.2, 0.25) is 0 Å². The summed E-state index contributed by atoms with van der Waals surface area (Å²) in [4.78, 5) is 0. The molecular weight excluding hydrogens is 282 g/mol. The Hall–Kier alpha value is -0.570. The Kier molecular flexibility index (Phi) is 4.58. The van der Waals surface area contributed by atoms with Crippen LogP contribution in [0.2, 0.25) is 5.02 Å². The second-order valence-electron chi connectivity index (χ2n) is 7.15. The van der Waals surface area contributed by atoms with Gasteiger partial charge in [-0.2, -0.15) is 0 Å². The van der Waals surface area contributed by atoms with Gasteiger partial charge in [-0.15, -0.1) is 0 Å². The van der Waals surface area contributed by atoms with Gasteiger partial charge in [0.15, 0.2) is 0 Å². The molecule has 2 nitrogen and oxygen atoms in total. The zero-order chi connectivity index (χ0) is 14.9. The van der Waals surface area contributed by atoms with Crippen molar-refractivity contribution in [3.05, 3.63) is 34.9 Å². The number of rotatable bonds is 2. The second-order valence-corrected chi connectivity index (χ2v) is 7.59. The summed E-state index contributed by atoms with van der Waals surface area (Å²) < 4.78 is 6.40. The van der Waals surface area contributed by atoms with Gasteiger partial charge in [-0.3, -0.25) is 0 Å². The van der Waals surface area contributed by atoms with E-state index in [1.807, 2.05) is 12.1 Å². The maximum Gasteiger partial charge on any atom is 0.0856 e. The molecule has 116 valence electrons. The average Bonchev–Trinajstić information content (AvgIpc) is 2.48. The van der Waals surface area contributed by atoms with Crippen molar-refractivity contribution >= 4 is 11.6 Å². The molecule has 0 aromatic heterocycles. The molecule has 0 unspecified atom stereocenters. The lowest BCUT2D eigenvalue weighted by atomic mass is 9.67. The zero-order valence-electron chi connectivity index (χ0n) is 13.1. The van der Waals surface area contributed by atoms with Gasteiger partial charge in [0.05, 0.1) is 12.7 Å². The van der Waals surface area contributed by atoms with Crippen LogP contribution in [0.25, 0.3) is 0 Å². The normalized spacial score (nSPS) is 29.0. The predicted octanol–water partition coefficient (Wildman–Crippen LogP) is 4.44. The van der Waals surface area contributed by atoms with Crippen LogP contribution < -0.4 is 5.32 Å². The summed E-state index contributed by atoms with van der Waals surface area (Å²) in [7, 11) is 0. The molecule has 2 heterocycles. The first-order valence-electron chi connectivity index (χ1n) is 8.17. The van der Waals surface area contributed by atoms with Gasteiger partial charge >= 0.3 is 0 Å². The lowest BCUT2D eigenvalue weighted by molar-refractivity contribution is -0.123. The van der Waals surface area contributed by atoms with Crippen molar-refractivity contribution in [2.45, 2.75) is 39.2 Å². The summed E-state index contributed by atoms with van der Waals surface area (Å²) >= 11 is 6.17. The molecule has 3 rings (SSSR count). The van der Waals surface area contributed by atoms with Crippen LogP contribution in [-0.2, 0) is 4.74 Å². The average molecular weight is 308 g/mol. The molecule has 0 saturated carbocycles. The Morgan fingerprint density at radius 3 is 2.71 bits per heavy atom. The Morgan fingerprint density at radius 1 is 1.29 bits per heavy atom. The van der Waals surface area contributed by atoms with Crippen LogP contribution in [0.3, 0.4) is 0 Å². The van der Waals surface area contributed by atoms with Crippen LogP contribution in [-0.4, -0.2) is 19.7 Å². The highest BCUT2D eigenvalue weighted by molar-refractivity contribution is 6.30. The lowest BCUT2D eigenvalue weighted by Crippen LogP contribution is -2.46. The van der Waals surface area contributed by atoms with E-state index in [-0.39, 0.29) is 6.10 Å². The highest BCUT2D eigenvalue weighted by Gasteiger charge is 2.43. The van der Waals surface area contributed by atoms with E-state index in [1.165, 1.54) is 24.8 Å². The Bertz CT molecular complexity index is 482. The summed E-state index contributed by atoms with van der Waals surface area (Å²) in [6.07, 6.45) is 3.98. The third-order valence-corrected chi connectivity index (χ3v) is 5.56. The molecule has 3 heteroatoms. The van der Waals surface area contributed by atoms with Crippen molar-refractivity contribution in [2.75, 3.05) is 19.7 Å². The van der Waals surface area contributed by atoms with Crippen molar-refractivity contribution in [1.29, 1.82) is 0 Å². The van der Waals surface area contributed by atoms with Gasteiger partial charge in [0, 0.05) is 5.02 Å². The fraction of sp³-hybridized carbons (Fsp3) is 0.667. The highest BCUT2D eigenvalue weighted by atomic mass is 35.5. The van der Waals surface area contributed by atoms with Crippen molar-refractivity contribution in [3.8, 4) is 0 Å². The Balaban J connectivity index is 1.82. The maximum absolute atomic E-state index is 6.40. The molecule has 1 aromatic rings. The molecule has 2 aliphatic rings. The lowest BCUT2D eigenvalue weighted by Gasteiger charge is -2.48. The van der Waals surface area contributed by atoms with Gasteiger partial charge < -0.3 is 10.1 Å². The van der Waals surface area contributed by atoms with Gasteiger partial charge in [-0.25, -0.2) is 0 Å². The maximum atomic E-state index is 6.40.